The number of carbonyl (C=O) groups is 1. The summed E-state index contributed by atoms with van der Waals surface area (Å²) in [5, 5.41) is 3.30. The van der Waals surface area contributed by atoms with E-state index in [1.54, 1.807) is 12.1 Å². The van der Waals surface area contributed by atoms with Crippen molar-refractivity contribution in [2.75, 3.05) is 18.6 Å². The van der Waals surface area contributed by atoms with Gasteiger partial charge in [-0.05, 0) is 43.4 Å². The number of carbonyl (C=O) groups excluding carboxylic acids is 1. The van der Waals surface area contributed by atoms with E-state index in [0.717, 1.165) is 25.0 Å². The Morgan fingerprint density at radius 1 is 1.37 bits per heavy atom. The highest BCUT2D eigenvalue weighted by Gasteiger charge is 2.08. The van der Waals surface area contributed by atoms with E-state index in [-0.39, 0.29) is 5.91 Å². The average Bonchev–Trinajstić information content (AvgIpc) is 2.41. The first kappa shape index (κ1) is 16.3. The van der Waals surface area contributed by atoms with E-state index in [9.17, 15) is 4.79 Å². The fourth-order valence-electron chi connectivity index (χ4n) is 1.72. The van der Waals surface area contributed by atoms with Gasteiger partial charge in [0, 0.05) is 17.8 Å². The van der Waals surface area contributed by atoms with Crippen LogP contribution in [0.2, 0.25) is 5.15 Å². The van der Waals surface area contributed by atoms with Crippen molar-refractivity contribution in [3.8, 4) is 0 Å². The Hall–Kier alpha value is -0.740. The molecule has 3 nitrogen and oxygen atoms in total. The molecule has 0 aromatic carbocycles. The summed E-state index contributed by atoms with van der Waals surface area (Å²) in [5.74, 6) is 1.12. The first-order chi connectivity index (χ1) is 9.17. The van der Waals surface area contributed by atoms with Gasteiger partial charge in [-0.3, -0.25) is 4.79 Å². The Labute approximate surface area is 124 Å². The van der Waals surface area contributed by atoms with E-state index >= 15 is 0 Å². The number of unbranched alkanes of at least 4 members (excludes halogenated alkanes) is 2. The third-order valence-electron chi connectivity index (χ3n) is 2.78. The monoisotopic (exact) mass is 300 g/mol. The fraction of sp³-hybridized carbons (Fsp3) is 0.571. The van der Waals surface area contributed by atoms with E-state index in [2.05, 4.69) is 16.6 Å². The summed E-state index contributed by atoms with van der Waals surface area (Å²) < 4.78 is 0. The second-order valence-electron chi connectivity index (χ2n) is 4.33. The minimum atomic E-state index is -0.0659. The quantitative estimate of drug-likeness (QED) is 0.589. The Balaban J connectivity index is 2.39. The molecule has 1 aromatic rings. The molecule has 0 bridgehead atoms. The zero-order chi connectivity index (χ0) is 14.1. The number of pyridine rings is 1. The maximum absolute atomic E-state index is 12.0. The van der Waals surface area contributed by atoms with Crippen molar-refractivity contribution in [1.82, 2.24) is 10.3 Å². The molecule has 1 amide bonds. The van der Waals surface area contributed by atoms with Crippen molar-refractivity contribution in [2.24, 2.45) is 0 Å². The molecule has 1 rings (SSSR count). The number of hydrogen-bond donors (Lipinski definition) is 1. The number of amides is 1. The summed E-state index contributed by atoms with van der Waals surface area (Å²) in [7, 11) is 0. The van der Waals surface area contributed by atoms with Crippen LogP contribution in [0.15, 0.2) is 12.1 Å². The number of nitrogens with one attached hydrogen (secondary N) is 1. The van der Waals surface area contributed by atoms with E-state index in [1.807, 2.05) is 18.7 Å². The van der Waals surface area contributed by atoms with Crippen molar-refractivity contribution < 1.29 is 4.79 Å². The van der Waals surface area contributed by atoms with Crippen LogP contribution in [0.3, 0.4) is 0 Å². The molecule has 0 radical (unpaired) electrons. The zero-order valence-corrected chi connectivity index (χ0v) is 13.1. The van der Waals surface area contributed by atoms with Crippen molar-refractivity contribution >= 4 is 29.3 Å². The van der Waals surface area contributed by atoms with Crippen LogP contribution in [0.1, 0.15) is 42.2 Å². The number of thioether (sulfide) groups is 1. The molecule has 0 atom stereocenters. The molecule has 1 heterocycles. The van der Waals surface area contributed by atoms with E-state index in [4.69, 9.17) is 11.6 Å². The molecule has 0 aliphatic heterocycles. The Morgan fingerprint density at radius 2 is 2.16 bits per heavy atom. The van der Waals surface area contributed by atoms with Crippen molar-refractivity contribution in [3.05, 3.63) is 28.5 Å². The normalized spacial score (nSPS) is 10.5. The zero-order valence-electron chi connectivity index (χ0n) is 11.5. The minimum Gasteiger partial charge on any atom is -0.352 e. The van der Waals surface area contributed by atoms with Gasteiger partial charge in [0.1, 0.15) is 5.15 Å². The highest BCUT2D eigenvalue weighted by Crippen LogP contribution is 2.11. The van der Waals surface area contributed by atoms with Crippen LogP contribution < -0.4 is 5.32 Å². The Kier molecular flexibility index (Phi) is 7.91. The smallest absolute Gasteiger partial charge is 0.251 e. The molecule has 0 saturated heterocycles. The molecule has 0 saturated carbocycles. The Morgan fingerprint density at radius 3 is 2.84 bits per heavy atom. The number of aromatic nitrogens is 1. The lowest BCUT2D eigenvalue weighted by atomic mass is 10.2. The van der Waals surface area contributed by atoms with Gasteiger partial charge in [0.2, 0.25) is 0 Å². The van der Waals surface area contributed by atoms with Crippen molar-refractivity contribution in [2.45, 2.75) is 32.6 Å². The summed E-state index contributed by atoms with van der Waals surface area (Å²) >= 11 is 7.76. The summed E-state index contributed by atoms with van der Waals surface area (Å²) in [6, 6.07) is 3.42. The van der Waals surface area contributed by atoms with Gasteiger partial charge in [-0.15, -0.1) is 0 Å². The number of aryl methyl sites for hydroxylation is 1. The molecule has 1 N–H and O–H groups in total. The van der Waals surface area contributed by atoms with Crippen LogP contribution in [-0.4, -0.2) is 29.4 Å². The highest BCUT2D eigenvalue weighted by atomic mass is 35.5. The predicted molar refractivity (Wildman–Crippen MR) is 83.2 cm³/mol. The summed E-state index contributed by atoms with van der Waals surface area (Å²) in [6.45, 7) is 2.71. The first-order valence-corrected chi connectivity index (χ1v) is 8.38. The second-order valence-corrected chi connectivity index (χ2v) is 5.71. The van der Waals surface area contributed by atoms with E-state index in [1.165, 1.54) is 12.2 Å². The first-order valence-electron chi connectivity index (χ1n) is 6.61. The topological polar surface area (TPSA) is 42.0 Å². The molecule has 0 aliphatic carbocycles. The van der Waals surface area contributed by atoms with E-state index in [0.29, 0.717) is 17.3 Å². The third kappa shape index (κ3) is 6.30. The van der Waals surface area contributed by atoms with Crippen LogP contribution >= 0.6 is 23.4 Å². The number of nitrogens with zero attached hydrogens (tertiary/aromatic N) is 1. The van der Waals surface area contributed by atoms with Gasteiger partial charge >= 0.3 is 0 Å². The van der Waals surface area contributed by atoms with Gasteiger partial charge in [-0.2, -0.15) is 11.8 Å². The number of halogens is 1. The van der Waals surface area contributed by atoms with Crippen molar-refractivity contribution in [1.29, 1.82) is 0 Å². The molecule has 0 aliphatic rings. The largest absolute Gasteiger partial charge is 0.352 e. The Bertz CT molecular complexity index is 412. The number of hydrogen-bond acceptors (Lipinski definition) is 3. The van der Waals surface area contributed by atoms with Gasteiger partial charge in [-0.1, -0.05) is 24.9 Å². The second kappa shape index (κ2) is 9.21. The van der Waals surface area contributed by atoms with Gasteiger partial charge in [0.05, 0.1) is 0 Å². The molecule has 5 heteroatoms. The lowest BCUT2D eigenvalue weighted by Gasteiger charge is -2.07. The molecule has 19 heavy (non-hydrogen) atoms. The van der Waals surface area contributed by atoms with Crippen LogP contribution in [0.25, 0.3) is 0 Å². The van der Waals surface area contributed by atoms with Crippen LogP contribution in [0, 0.1) is 0 Å². The molecular weight excluding hydrogens is 280 g/mol. The lowest BCUT2D eigenvalue weighted by molar-refractivity contribution is 0.0952. The summed E-state index contributed by atoms with van der Waals surface area (Å²) in [6.07, 6.45) is 6.26. The molecule has 1 aromatic heterocycles. The van der Waals surface area contributed by atoms with Crippen LogP contribution in [0.4, 0.5) is 0 Å². The average molecular weight is 301 g/mol. The maximum atomic E-state index is 12.0. The molecule has 0 fully saturated rings. The molecule has 0 unspecified atom stereocenters. The minimum absolute atomic E-state index is 0.0659. The molecule has 0 spiro atoms. The van der Waals surface area contributed by atoms with Gasteiger partial charge in [0.15, 0.2) is 0 Å². The van der Waals surface area contributed by atoms with Gasteiger partial charge < -0.3 is 5.32 Å². The predicted octanol–water partition coefficient (Wildman–Crippen LogP) is 3.56. The lowest BCUT2D eigenvalue weighted by Crippen LogP contribution is -2.24. The van der Waals surface area contributed by atoms with Crippen LogP contribution in [-0.2, 0) is 6.42 Å². The third-order valence-corrected chi connectivity index (χ3v) is 3.67. The molecular formula is C14H21ClN2OS. The fourth-order valence-corrected chi connectivity index (χ4v) is 2.43. The van der Waals surface area contributed by atoms with Gasteiger partial charge in [0.25, 0.3) is 5.91 Å². The summed E-state index contributed by atoms with van der Waals surface area (Å²) in [5.41, 5.74) is 1.44. The SMILES string of the molecule is CCc1cc(C(=O)NCCCCCSC)cc(Cl)n1. The van der Waals surface area contributed by atoms with Gasteiger partial charge in [-0.25, -0.2) is 4.98 Å². The number of rotatable bonds is 8. The van der Waals surface area contributed by atoms with Crippen molar-refractivity contribution in [3.63, 3.8) is 0 Å². The molecule has 106 valence electrons. The van der Waals surface area contributed by atoms with E-state index < -0.39 is 0 Å². The van der Waals surface area contributed by atoms with Crippen LogP contribution in [0.5, 0.6) is 0 Å². The summed E-state index contributed by atoms with van der Waals surface area (Å²) in [4.78, 5) is 16.1. The maximum Gasteiger partial charge on any atom is 0.251 e. The highest BCUT2D eigenvalue weighted by molar-refractivity contribution is 7.98. The standard InChI is InChI=1S/C14H21ClN2OS/c1-3-12-9-11(10-13(15)17-12)14(18)16-7-5-4-6-8-19-2/h9-10H,3-8H2,1-2H3,(H,16,18).